The van der Waals surface area contributed by atoms with Crippen molar-refractivity contribution in [3.8, 4) is 0 Å². The van der Waals surface area contributed by atoms with Crippen LogP contribution < -0.4 is 0 Å². The van der Waals surface area contributed by atoms with Gasteiger partial charge in [0.05, 0.1) is 0 Å². The maximum Gasteiger partial charge on any atom is 0.138 e. The molecule has 0 saturated heterocycles. The van der Waals surface area contributed by atoms with Gasteiger partial charge in [0, 0.05) is 18.4 Å². The normalized spacial score (nSPS) is 52.9. The number of carbonyl (C=O) groups is 1. The molecular formula is C31H50O2. The van der Waals surface area contributed by atoms with Crippen molar-refractivity contribution in [3.05, 3.63) is 12.2 Å². The Labute approximate surface area is 203 Å². The number of rotatable bonds is 3. The standard InChI is InChI=1S/C31H50O2/c1-8-20(2)21-11-16-31(19-32)18-17-29(6)22(26(21)31)9-10-24-28(5)14-13-25(33)27(3,4)23(28)12-15-30(24,29)7/h21-24,26,32H,2,8-19H2,1,3-7H3/t21-,22+,23-,24+,26+,28-,29+,30+,31+/m0/s1. The molecule has 5 saturated carbocycles. The van der Waals surface area contributed by atoms with Crippen LogP contribution >= 0.6 is 0 Å². The third-order valence-corrected chi connectivity index (χ3v) is 13.6. The molecule has 0 radical (unpaired) electrons. The fourth-order valence-electron chi connectivity index (χ4n) is 11.5. The molecule has 2 heteroatoms. The highest BCUT2D eigenvalue weighted by Crippen LogP contribution is 2.77. The van der Waals surface area contributed by atoms with E-state index in [1.807, 2.05) is 0 Å². The summed E-state index contributed by atoms with van der Waals surface area (Å²) in [5, 5.41) is 10.7. The number of ketones is 1. The first-order valence-corrected chi connectivity index (χ1v) is 14.2. The van der Waals surface area contributed by atoms with E-state index in [0.29, 0.717) is 52.8 Å². The molecule has 0 aromatic heterocycles. The number of aliphatic hydroxyl groups excluding tert-OH is 1. The third kappa shape index (κ3) is 2.85. The van der Waals surface area contributed by atoms with Crippen LogP contribution in [0, 0.1) is 56.7 Å². The molecule has 0 amide bonds. The van der Waals surface area contributed by atoms with Crippen molar-refractivity contribution in [1.29, 1.82) is 0 Å². The van der Waals surface area contributed by atoms with Crippen molar-refractivity contribution in [3.63, 3.8) is 0 Å². The lowest BCUT2D eigenvalue weighted by Crippen LogP contribution is -2.66. The number of Topliss-reactive ketones (excluding diaryl/α,β-unsaturated/α-hetero) is 1. The van der Waals surface area contributed by atoms with E-state index < -0.39 is 0 Å². The van der Waals surface area contributed by atoms with Crippen molar-refractivity contribution in [2.24, 2.45) is 56.7 Å². The Morgan fingerprint density at radius 1 is 0.909 bits per heavy atom. The van der Waals surface area contributed by atoms with E-state index in [-0.39, 0.29) is 16.2 Å². The highest BCUT2D eigenvalue weighted by Gasteiger charge is 2.70. The second-order valence-corrected chi connectivity index (χ2v) is 14.5. The summed E-state index contributed by atoms with van der Waals surface area (Å²) in [5.74, 6) is 3.67. The van der Waals surface area contributed by atoms with Crippen molar-refractivity contribution in [1.82, 2.24) is 0 Å². The smallest absolute Gasteiger partial charge is 0.138 e. The molecular weight excluding hydrogens is 404 g/mol. The Hall–Kier alpha value is -0.630. The number of fused-ring (bicyclic) bond motifs is 7. The van der Waals surface area contributed by atoms with Gasteiger partial charge in [0.25, 0.3) is 0 Å². The van der Waals surface area contributed by atoms with Gasteiger partial charge in [-0.25, -0.2) is 0 Å². The van der Waals surface area contributed by atoms with Gasteiger partial charge in [0.2, 0.25) is 0 Å². The molecule has 33 heavy (non-hydrogen) atoms. The summed E-state index contributed by atoms with van der Waals surface area (Å²) in [6.07, 6.45) is 13.0. The molecule has 5 rings (SSSR count). The first-order valence-electron chi connectivity index (χ1n) is 14.2. The number of allylic oxidation sites excluding steroid dienone is 1. The summed E-state index contributed by atoms with van der Waals surface area (Å²) in [6.45, 7) is 19.6. The number of carbonyl (C=O) groups excluding carboxylic acids is 1. The third-order valence-electron chi connectivity index (χ3n) is 13.6. The molecule has 0 heterocycles. The molecule has 5 aliphatic rings. The van der Waals surface area contributed by atoms with Crippen LogP contribution in [0.15, 0.2) is 12.2 Å². The molecule has 0 bridgehead atoms. The van der Waals surface area contributed by atoms with Gasteiger partial charge in [-0.2, -0.15) is 0 Å². The summed E-state index contributed by atoms with van der Waals surface area (Å²) in [4.78, 5) is 12.9. The maximum absolute atomic E-state index is 12.9. The number of hydrogen-bond acceptors (Lipinski definition) is 2. The second-order valence-electron chi connectivity index (χ2n) is 14.5. The fraction of sp³-hybridized carbons (Fsp3) is 0.903. The predicted octanol–water partition coefficient (Wildman–Crippen LogP) is 7.60. The van der Waals surface area contributed by atoms with Crippen LogP contribution in [-0.4, -0.2) is 17.5 Å². The molecule has 0 aromatic rings. The fourth-order valence-corrected chi connectivity index (χ4v) is 11.5. The van der Waals surface area contributed by atoms with Crippen molar-refractivity contribution < 1.29 is 9.90 Å². The van der Waals surface area contributed by atoms with Crippen molar-refractivity contribution >= 4 is 5.78 Å². The zero-order valence-electron chi connectivity index (χ0n) is 22.4. The summed E-state index contributed by atoms with van der Waals surface area (Å²) in [5.41, 5.74) is 2.35. The van der Waals surface area contributed by atoms with Crippen LogP contribution in [0.4, 0.5) is 0 Å². The Morgan fingerprint density at radius 3 is 2.30 bits per heavy atom. The number of hydrogen-bond donors (Lipinski definition) is 1. The van der Waals surface area contributed by atoms with E-state index in [0.717, 1.165) is 19.3 Å². The SMILES string of the molecule is C=C(CC)[C@@H]1CC[C@]2(CO)CC[C@]3(C)[C@H](CC[C@@H]4[C@@]5(C)CCC(=O)C(C)(C)[C@@H]5CC[C@]43C)[C@@H]12. The van der Waals surface area contributed by atoms with E-state index in [4.69, 9.17) is 0 Å². The molecule has 186 valence electrons. The lowest BCUT2D eigenvalue weighted by Gasteiger charge is -2.72. The summed E-state index contributed by atoms with van der Waals surface area (Å²) in [7, 11) is 0. The van der Waals surface area contributed by atoms with Gasteiger partial charge in [0.15, 0.2) is 0 Å². The summed E-state index contributed by atoms with van der Waals surface area (Å²) < 4.78 is 0. The minimum Gasteiger partial charge on any atom is -0.396 e. The summed E-state index contributed by atoms with van der Waals surface area (Å²) >= 11 is 0. The van der Waals surface area contributed by atoms with Crippen molar-refractivity contribution in [2.75, 3.05) is 6.61 Å². The number of aliphatic hydroxyl groups is 1. The molecule has 0 unspecified atom stereocenters. The Kier molecular flexibility index (Phi) is 5.43. The summed E-state index contributed by atoms with van der Waals surface area (Å²) in [6, 6.07) is 0. The second kappa shape index (κ2) is 7.44. The Morgan fingerprint density at radius 2 is 1.64 bits per heavy atom. The molecule has 5 aliphatic carbocycles. The van der Waals surface area contributed by atoms with E-state index >= 15 is 0 Å². The van der Waals surface area contributed by atoms with E-state index in [1.165, 1.54) is 56.9 Å². The average Bonchev–Trinajstić information content (AvgIpc) is 3.17. The van der Waals surface area contributed by atoms with Gasteiger partial charge in [-0.1, -0.05) is 53.7 Å². The van der Waals surface area contributed by atoms with Crippen LogP contribution in [0.1, 0.15) is 112 Å². The van der Waals surface area contributed by atoms with Gasteiger partial charge in [-0.15, -0.1) is 0 Å². The lowest BCUT2D eigenvalue weighted by molar-refractivity contribution is -0.236. The molecule has 0 aliphatic heterocycles. The lowest BCUT2D eigenvalue weighted by atomic mass is 9.32. The highest BCUT2D eigenvalue weighted by atomic mass is 16.3. The van der Waals surface area contributed by atoms with Gasteiger partial charge in [0.1, 0.15) is 5.78 Å². The topological polar surface area (TPSA) is 37.3 Å². The largest absolute Gasteiger partial charge is 0.396 e. The van der Waals surface area contributed by atoms with Crippen LogP contribution in [0.2, 0.25) is 0 Å². The Balaban J connectivity index is 1.55. The van der Waals surface area contributed by atoms with E-state index in [1.54, 1.807) is 0 Å². The highest BCUT2D eigenvalue weighted by molar-refractivity contribution is 5.85. The average molecular weight is 455 g/mol. The van der Waals surface area contributed by atoms with Crippen LogP contribution in [0.5, 0.6) is 0 Å². The van der Waals surface area contributed by atoms with E-state index in [9.17, 15) is 9.90 Å². The van der Waals surface area contributed by atoms with Crippen LogP contribution in [0.25, 0.3) is 0 Å². The quantitative estimate of drug-likeness (QED) is 0.446. The van der Waals surface area contributed by atoms with Gasteiger partial charge in [-0.3, -0.25) is 4.79 Å². The van der Waals surface area contributed by atoms with Crippen molar-refractivity contribution in [2.45, 2.75) is 112 Å². The first kappa shape index (κ1) is 24.1. The monoisotopic (exact) mass is 454 g/mol. The van der Waals surface area contributed by atoms with E-state index in [2.05, 4.69) is 48.1 Å². The van der Waals surface area contributed by atoms with Gasteiger partial charge >= 0.3 is 0 Å². The molecule has 5 fully saturated rings. The first-order chi connectivity index (χ1) is 15.4. The van der Waals surface area contributed by atoms with Gasteiger partial charge in [-0.05, 0) is 115 Å². The minimum absolute atomic E-state index is 0.135. The van der Waals surface area contributed by atoms with Crippen LogP contribution in [0.3, 0.4) is 0 Å². The van der Waals surface area contributed by atoms with Crippen LogP contribution in [-0.2, 0) is 4.79 Å². The van der Waals surface area contributed by atoms with Gasteiger partial charge < -0.3 is 5.11 Å². The molecule has 0 aromatic carbocycles. The Bertz CT molecular complexity index is 842. The molecule has 9 atom stereocenters. The molecule has 2 nitrogen and oxygen atoms in total. The molecule has 1 N–H and O–H groups in total. The zero-order valence-corrected chi connectivity index (χ0v) is 22.4. The zero-order chi connectivity index (χ0) is 24.0. The maximum atomic E-state index is 12.9. The predicted molar refractivity (Wildman–Crippen MR) is 136 cm³/mol. The molecule has 0 spiro atoms. The minimum atomic E-state index is -0.167.